The van der Waals surface area contributed by atoms with E-state index >= 15 is 0 Å². The fraction of sp³-hybridized carbons (Fsp3) is 0.200. The van der Waals surface area contributed by atoms with Gasteiger partial charge < -0.3 is 15.2 Å². The van der Waals surface area contributed by atoms with Crippen LogP contribution in [0.15, 0.2) is 71.1 Å². The fourth-order valence-electron chi connectivity index (χ4n) is 3.69. The maximum atomic E-state index is 12.5. The van der Waals surface area contributed by atoms with Crippen LogP contribution in [-0.4, -0.2) is 28.7 Å². The van der Waals surface area contributed by atoms with E-state index in [0.29, 0.717) is 23.7 Å². The first-order valence-corrected chi connectivity index (χ1v) is 12.3. The number of anilines is 1. The Morgan fingerprint density at radius 1 is 1.03 bits per heavy atom. The lowest BCUT2D eigenvalue weighted by atomic mass is 10.1. The highest BCUT2D eigenvalue weighted by Gasteiger charge is 2.12. The van der Waals surface area contributed by atoms with Gasteiger partial charge in [0.2, 0.25) is 5.91 Å². The van der Waals surface area contributed by atoms with E-state index in [4.69, 9.17) is 0 Å². The second-order valence-corrected chi connectivity index (χ2v) is 9.62. The molecule has 0 saturated heterocycles. The van der Waals surface area contributed by atoms with E-state index in [9.17, 15) is 9.59 Å². The number of aryl methyl sites for hydroxylation is 2. The largest absolute Gasteiger partial charge is 0.350 e. The van der Waals surface area contributed by atoms with Crippen molar-refractivity contribution < 1.29 is 9.59 Å². The number of nitrogens with one attached hydrogen (secondary N) is 2. The van der Waals surface area contributed by atoms with Gasteiger partial charge in [0.15, 0.2) is 0 Å². The highest BCUT2D eigenvalue weighted by molar-refractivity contribution is 8.00. The Hall–Kier alpha value is -3.03. The molecule has 2 aromatic heterocycles. The van der Waals surface area contributed by atoms with Gasteiger partial charge in [-0.05, 0) is 54.6 Å². The maximum Gasteiger partial charge on any atom is 0.261 e. The lowest BCUT2D eigenvalue weighted by molar-refractivity contribution is -0.113. The third kappa shape index (κ3) is 5.41. The summed E-state index contributed by atoms with van der Waals surface area (Å²) in [6.07, 6.45) is 2.07. The van der Waals surface area contributed by atoms with Crippen LogP contribution < -0.4 is 10.6 Å². The topological polar surface area (TPSA) is 63.1 Å². The summed E-state index contributed by atoms with van der Waals surface area (Å²) >= 11 is 2.96. The molecular formula is C25H25N3O2S2. The third-order valence-electron chi connectivity index (χ3n) is 5.00. The number of thiophene rings is 1. The highest BCUT2D eigenvalue weighted by Crippen LogP contribution is 2.30. The summed E-state index contributed by atoms with van der Waals surface area (Å²) in [7, 11) is 0. The Balaban J connectivity index is 1.39. The molecule has 0 atom stereocenters. The molecule has 2 amide bonds. The number of fused-ring (bicyclic) bond motifs is 1. The Kier molecular flexibility index (Phi) is 6.97. The summed E-state index contributed by atoms with van der Waals surface area (Å²) in [5.41, 5.74) is 4.18. The first kappa shape index (κ1) is 22.2. The number of para-hydroxylation sites is 1. The summed E-state index contributed by atoms with van der Waals surface area (Å²) in [4.78, 5) is 26.5. The minimum Gasteiger partial charge on any atom is -0.350 e. The second kappa shape index (κ2) is 10.1. The number of rotatable bonds is 8. The van der Waals surface area contributed by atoms with Crippen LogP contribution in [-0.2, 0) is 11.3 Å². The predicted molar refractivity (Wildman–Crippen MR) is 134 cm³/mol. The van der Waals surface area contributed by atoms with Crippen molar-refractivity contribution >= 4 is 51.5 Å². The second-order valence-electron chi connectivity index (χ2n) is 7.65. The fourth-order valence-corrected chi connectivity index (χ4v) is 5.21. The number of amides is 2. The number of hydrogen-bond donors (Lipinski definition) is 2. The molecule has 0 aliphatic rings. The molecule has 0 spiro atoms. The number of aromatic nitrogens is 1. The molecule has 4 rings (SSSR count). The van der Waals surface area contributed by atoms with Crippen molar-refractivity contribution in [2.24, 2.45) is 0 Å². The van der Waals surface area contributed by atoms with E-state index in [-0.39, 0.29) is 11.8 Å². The zero-order chi connectivity index (χ0) is 22.5. The van der Waals surface area contributed by atoms with E-state index in [1.165, 1.54) is 23.1 Å². The van der Waals surface area contributed by atoms with Crippen molar-refractivity contribution in [3.8, 4) is 0 Å². The molecular weight excluding hydrogens is 438 g/mol. The molecule has 0 bridgehead atoms. The van der Waals surface area contributed by atoms with Crippen LogP contribution in [0.5, 0.6) is 0 Å². The molecule has 32 heavy (non-hydrogen) atoms. The lowest BCUT2D eigenvalue weighted by Crippen LogP contribution is -2.26. The first-order chi connectivity index (χ1) is 15.5. The van der Waals surface area contributed by atoms with Gasteiger partial charge in [0.1, 0.15) is 0 Å². The van der Waals surface area contributed by atoms with Crippen LogP contribution in [0.2, 0.25) is 0 Å². The number of carbonyl (C=O) groups is 2. The average Bonchev–Trinajstić information content (AvgIpc) is 3.40. The van der Waals surface area contributed by atoms with E-state index < -0.39 is 0 Å². The standard InChI is InChI=1S/C25H25N3O2S2/c1-17-12-18(2)14-19(13-17)27-24(29)16-32-23-15-28(21-7-4-3-6-20(21)23)10-9-26-25(30)22-8-5-11-31-22/h3-8,11-15H,9-10,16H2,1-2H3,(H,26,30)(H,27,29). The molecule has 2 heterocycles. The quantitative estimate of drug-likeness (QED) is 0.340. The van der Waals surface area contributed by atoms with Gasteiger partial charge in [0.05, 0.1) is 10.6 Å². The van der Waals surface area contributed by atoms with Crippen LogP contribution >= 0.6 is 23.1 Å². The molecule has 0 unspecified atom stereocenters. The van der Waals surface area contributed by atoms with Crippen molar-refractivity contribution in [1.82, 2.24) is 9.88 Å². The lowest BCUT2D eigenvalue weighted by Gasteiger charge is -2.07. The van der Waals surface area contributed by atoms with Crippen LogP contribution in [0.4, 0.5) is 5.69 Å². The molecule has 0 fully saturated rings. The van der Waals surface area contributed by atoms with Crippen molar-refractivity contribution in [3.63, 3.8) is 0 Å². The van der Waals surface area contributed by atoms with Crippen LogP contribution in [0, 0.1) is 13.8 Å². The van der Waals surface area contributed by atoms with Gasteiger partial charge in [0, 0.05) is 40.8 Å². The van der Waals surface area contributed by atoms with Crippen LogP contribution in [0.25, 0.3) is 10.9 Å². The molecule has 2 aromatic carbocycles. The van der Waals surface area contributed by atoms with Crippen molar-refractivity contribution in [2.75, 3.05) is 17.6 Å². The Labute approximate surface area is 195 Å². The van der Waals surface area contributed by atoms with E-state index in [1.54, 1.807) is 0 Å². The smallest absolute Gasteiger partial charge is 0.261 e. The minimum atomic E-state index is -0.0471. The van der Waals surface area contributed by atoms with Crippen LogP contribution in [0.3, 0.4) is 0 Å². The summed E-state index contributed by atoms with van der Waals surface area (Å²) < 4.78 is 2.13. The molecule has 2 N–H and O–H groups in total. The number of hydrogen-bond acceptors (Lipinski definition) is 4. The van der Waals surface area contributed by atoms with Gasteiger partial charge in [-0.1, -0.05) is 30.3 Å². The summed E-state index contributed by atoms with van der Waals surface area (Å²) in [6, 6.07) is 17.9. The predicted octanol–water partition coefficient (Wildman–Crippen LogP) is 5.48. The summed E-state index contributed by atoms with van der Waals surface area (Å²) in [6.45, 7) is 5.24. The average molecular weight is 464 g/mol. The Morgan fingerprint density at radius 2 is 1.81 bits per heavy atom. The minimum absolute atomic E-state index is 0.0277. The SMILES string of the molecule is Cc1cc(C)cc(NC(=O)CSc2cn(CCNC(=O)c3cccs3)c3ccccc23)c1. The van der Waals surface area contributed by atoms with Gasteiger partial charge in [-0.2, -0.15) is 0 Å². The number of thioether (sulfide) groups is 1. The molecule has 164 valence electrons. The van der Waals surface area contributed by atoms with Crippen molar-refractivity contribution in [1.29, 1.82) is 0 Å². The number of carbonyl (C=O) groups excluding carboxylic acids is 2. The molecule has 0 aliphatic heterocycles. The summed E-state index contributed by atoms with van der Waals surface area (Å²) in [5.74, 6) is 0.255. The Bertz CT molecular complexity index is 1230. The summed E-state index contributed by atoms with van der Waals surface area (Å²) in [5, 5.41) is 8.98. The Morgan fingerprint density at radius 3 is 2.56 bits per heavy atom. The zero-order valence-electron chi connectivity index (χ0n) is 18.1. The molecule has 0 saturated carbocycles. The van der Waals surface area contributed by atoms with Gasteiger partial charge in [-0.15, -0.1) is 23.1 Å². The number of benzene rings is 2. The van der Waals surface area contributed by atoms with Gasteiger partial charge >= 0.3 is 0 Å². The van der Waals surface area contributed by atoms with Gasteiger partial charge in [0.25, 0.3) is 5.91 Å². The van der Waals surface area contributed by atoms with Gasteiger partial charge in [-0.25, -0.2) is 0 Å². The molecule has 4 aromatic rings. The van der Waals surface area contributed by atoms with Crippen molar-refractivity contribution in [3.05, 3.63) is 82.2 Å². The normalized spacial score (nSPS) is 10.9. The van der Waals surface area contributed by atoms with E-state index in [1.807, 2.05) is 55.6 Å². The molecule has 0 radical (unpaired) electrons. The maximum absolute atomic E-state index is 12.5. The first-order valence-electron chi connectivity index (χ1n) is 10.4. The third-order valence-corrected chi connectivity index (χ3v) is 6.91. The van der Waals surface area contributed by atoms with Crippen molar-refractivity contribution in [2.45, 2.75) is 25.3 Å². The van der Waals surface area contributed by atoms with Crippen LogP contribution in [0.1, 0.15) is 20.8 Å². The van der Waals surface area contributed by atoms with E-state index in [2.05, 4.69) is 39.6 Å². The molecule has 0 aliphatic carbocycles. The molecule has 7 heteroatoms. The highest BCUT2D eigenvalue weighted by atomic mass is 32.2. The van der Waals surface area contributed by atoms with E-state index in [0.717, 1.165) is 32.6 Å². The number of nitrogens with zero attached hydrogens (tertiary/aromatic N) is 1. The van der Waals surface area contributed by atoms with Gasteiger partial charge in [-0.3, -0.25) is 9.59 Å². The molecule has 5 nitrogen and oxygen atoms in total. The zero-order valence-corrected chi connectivity index (χ0v) is 19.7. The monoisotopic (exact) mass is 463 g/mol.